The van der Waals surface area contributed by atoms with Gasteiger partial charge in [-0.1, -0.05) is 32.0 Å². The van der Waals surface area contributed by atoms with Gasteiger partial charge in [-0.25, -0.2) is 0 Å². The molecule has 2 unspecified atom stereocenters. The van der Waals surface area contributed by atoms with Crippen LogP contribution in [0.25, 0.3) is 0 Å². The van der Waals surface area contributed by atoms with Crippen LogP contribution >= 0.6 is 11.8 Å². The molecule has 0 aromatic heterocycles. The quantitative estimate of drug-likeness (QED) is 0.873. The molecular formula is C13H19NOS. The smallest absolute Gasteiger partial charge is 0.124 e. The van der Waals surface area contributed by atoms with Crippen LogP contribution in [0.4, 0.5) is 0 Å². The number of para-hydroxylation sites is 1. The summed E-state index contributed by atoms with van der Waals surface area (Å²) >= 11 is 1.98. The van der Waals surface area contributed by atoms with E-state index in [9.17, 15) is 0 Å². The average molecular weight is 237 g/mol. The van der Waals surface area contributed by atoms with Gasteiger partial charge in [-0.15, -0.1) is 0 Å². The lowest BCUT2D eigenvalue weighted by Crippen LogP contribution is -2.36. The zero-order chi connectivity index (χ0) is 11.5. The fraction of sp³-hybridized carbons (Fsp3) is 0.538. The fourth-order valence-electron chi connectivity index (χ4n) is 2.15. The van der Waals surface area contributed by atoms with Gasteiger partial charge in [0, 0.05) is 5.56 Å². The summed E-state index contributed by atoms with van der Waals surface area (Å²) in [7, 11) is 2.03. The maximum Gasteiger partial charge on any atom is 0.124 e. The molecule has 2 rings (SSSR count). The molecule has 1 aliphatic heterocycles. The van der Waals surface area contributed by atoms with Crippen LogP contribution in [0.3, 0.4) is 0 Å². The summed E-state index contributed by atoms with van der Waals surface area (Å²) in [5.41, 5.74) is 1.29. The maximum absolute atomic E-state index is 5.81. The van der Waals surface area contributed by atoms with E-state index in [0.717, 1.165) is 12.4 Å². The Morgan fingerprint density at radius 1 is 1.38 bits per heavy atom. The van der Waals surface area contributed by atoms with Crippen molar-refractivity contribution < 1.29 is 4.74 Å². The van der Waals surface area contributed by atoms with E-state index in [1.807, 2.05) is 24.9 Å². The third kappa shape index (κ3) is 2.36. The van der Waals surface area contributed by atoms with E-state index >= 15 is 0 Å². The average Bonchev–Trinajstić information content (AvgIpc) is 2.28. The third-order valence-electron chi connectivity index (χ3n) is 2.79. The normalized spacial score (nSPS) is 24.0. The van der Waals surface area contributed by atoms with Gasteiger partial charge in [-0.05, 0) is 18.4 Å². The number of hydrogen-bond donors (Lipinski definition) is 1. The molecule has 16 heavy (non-hydrogen) atoms. The maximum atomic E-state index is 5.81. The standard InChI is InChI=1S/C13H19NOS/c1-9(2)16-12-8-15-11-7-5-4-6-10(11)13(12)14-3/h4-7,9,12-14H,8H2,1-3H3. The van der Waals surface area contributed by atoms with Gasteiger partial charge in [0.25, 0.3) is 0 Å². The third-order valence-corrected chi connectivity index (χ3v) is 4.09. The molecule has 2 atom stereocenters. The lowest BCUT2D eigenvalue weighted by Gasteiger charge is -2.33. The van der Waals surface area contributed by atoms with Gasteiger partial charge in [0.15, 0.2) is 0 Å². The summed E-state index contributed by atoms with van der Waals surface area (Å²) in [5, 5.41) is 4.55. The minimum absolute atomic E-state index is 0.400. The second kappa shape index (κ2) is 5.11. The lowest BCUT2D eigenvalue weighted by atomic mass is 10.0. The van der Waals surface area contributed by atoms with Crippen molar-refractivity contribution in [2.24, 2.45) is 0 Å². The molecule has 1 aliphatic rings. The Hall–Kier alpha value is -0.670. The lowest BCUT2D eigenvalue weighted by molar-refractivity contribution is 0.264. The molecule has 0 bridgehead atoms. The van der Waals surface area contributed by atoms with E-state index in [1.54, 1.807) is 0 Å². The molecule has 0 radical (unpaired) electrons. The zero-order valence-corrected chi connectivity index (χ0v) is 10.9. The first-order valence-corrected chi connectivity index (χ1v) is 6.71. The highest BCUT2D eigenvalue weighted by molar-refractivity contribution is 8.00. The SMILES string of the molecule is CNC1c2ccccc2OCC1SC(C)C. The zero-order valence-electron chi connectivity index (χ0n) is 10.1. The Bertz CT molecular complexity index is 354. The van der Waals surface area contributed by atoms with E-state index in [-0.39, 0.29) is 0 Å². The van der Waals surface area contributed by atoms with Gasteiger partial charge in [0.1, 0.15) is 12.4 Å². The summed E-state index contributed by atoms with van der Waals surface area (Å²) in [6.07, 6.45) is 0. The highest BCUT2D eigenvalue weighted by atomic mass is 32.2. The van der Waals surface area contributed by atoms with Crippen molar-refractivity contribution in [2.45, 2.75) is 30.4 Å². The first-order chi connectivity index (χ1) is 7.72. The van der Waals surface area contributed by atoms with Crippen LogP contribution in [0, 0.1) is 0 Å². The Morgan fingerprint density at radius 3 is 2.81 bits per heavy atom. The number of ether oxygens (including phenoxy) is 1. The molecule has 0 spiro atoms. The predicted octanol–water partition coefficient (Wildman–Crippen LogP) is 2.85. The van der Waals surface area contributed by atoms with Crippen molar-refractivity contribution in [3.05, 3.63) is 29.8 Å². The highest BCUT2D eigenvalue weighted by Gasteiger charge is 2.30. The molecule has 1 heterocycles. The molecular weight excluding hydrogens is 218 g/mol. The molecule has 1 aromatic rings. The molecule has 88 valence electrons. The second-order valence-electron chi connectivity index (χ2n) is 4.34. The van der Waals surface area contributed by atoms with Crippen LogP contribution in [-0.4, -0.2) is 24.2 Å². The number of thioether (sulfide) groups is 1. The Balaban J connectivity index is 2.23. The van der Waals surface area contributed by atoms with Crippen LogP contribution in [-0.2, 0) is 0 Å². The van der Waals surface area contributed by atoms with Gasteiger partial charge >= 0.3 is 0 Å². The molecule has 0 fully saturated rings. The number of nitrogens with one attached hydrogen (secondary N) is 1. The van der Waals surface area contributed by atoms with Crippen molar-refractivity contribution in [3.8, 4) is 5.75 Å². The summed E-state index contributed by atoms with van der Waals surface area (Å²) < 4.78 is 5.81. The number of rotatable bonds is 3. The van der Waals surface area contributed by atoms with E-state index in [2.05, 4.69) is 37.4 Å². The minimum atomic E-state index is 0.400. The van der Waals surface area contributed by atoms with Crippen LogP contribution in [0.1, 0.15) is 25.5 Å². The molecule has 3 heteroatoms. The number of fused-ring (bicyclic) bond motifs is 1. The summed E-state index contributed by atoms with van der Waals surface area (Å²) in [6.45, 7) is 5.27. The van der Waals surface area contributed by atoms with E-state index in [0.29, 0.717) is 16.5 Å². The van der Waals surface area contributed by atoms with Crippen molar-refractivity contribution in [1.29, 1.82) is 0 Å². The van der Waals surface area contributed by atoms with Crippen molar-refractivity contribution in [3.63, 3.8) is 0 Å². The topological polar surface area (TPSA) is 21.3 Å². The van der Waals surface area contributed by atoms with E-state index < -0.39 is 0 Å². The Labute approximate surface area is 102 Å². The van der Waals surface area contributed by atoms with Crippen molar-refractivity contribution >= 4 is 11.8 Å². The van der Waals surface area contributed by atoms with Crippen LogP contribution in [0.2, 0.25) is 0 Å². The fourth-order valence-corrected chi connectivity index (χ4v) is 3.43. The molecule has 1 aromatic carbocycles. The Morgan fingerprint density at radius 2 is 2.12 bits per heavy atom. The summed E-state index contributed by atoms with van der Waals surface area (Å²) in [6, 6.07) is 8.72. The molecule has 2 nitrogen and oxygen atoms in total. The van der Waals surface area contributed by atoms with Gasteiger partial charge in [-0.2, -0.15) is 11.8 Å². The van der Waals surface area contributed by atoms with E-state index in [4.69, 9.17) is 4.74 Å². The largest absolute Gasteiger partial charge is 0.492 e. The molecule has 0 amide bonds. The van der Waals surface area contributed by atoms with Crippen molar-refractivity contribution in [1.82, 2.24) is 5.32 Å². The first kappa shape index (κ1) is 11.8. The van der Waals surface area contributed by atoms with Crippen LogP contribution < -0.4 is 10.1 Å². The summed E-state index contributed by atoms with van der Waals surface area (Å²) in [5.74, 6) is 1.03. The van der Waals surface area contributed by atoms with Gasteiger partial charge in [-0.3, -0.25) is 0 Å². The summed E-state index contributed by atoms with van der Waals surface area (Å²) in [4.78, 5) is 0. The molecule has 0 aliphatic carbocycles. The van der Waals surface area contributed by atoms with Gasteiger partial charge < -0.3 is 10.1 Å². The van der Waals surface area contributed by atoms with Crippen LogP contribution in [0.15, 0.2) is 24.3 Å². The predicted molar refractivity (Wildman–Crippen MR) is 70.3 cm³/mol. The van der Waals surface area contributed by atoms with Gasteiger partial charge in [0.05, 0.1) is 11.3 Å². The Kier molecular flexibility index (Phi) is 3.77. The van der Waals surface area contributed by atoms with Crippen molar-refractivity contribution in [2.75, 3.05) is 13.7 Å². The number of benzene rings is 1. The van der Waals surface area contributed by atoms with Crippen LogP contribution in [0.5, 0.6) is 5.75 Å². The molecule has 0 saturated carbocycles. The second-order valence-corrected chi connectivity index (χ2v) is 6.16. The monoisotopic (exact) mass is 237 g/mol. The highest BCUT2D eigenvalue weighted by Crippen LogP contribution is 2.38. The molecule has 0 saturated heterocycles. The first-order valence-electron chi connectivity index (χ1n) is 5.77. The molecule has 1 N–H and O–H groups in total. The van der Waals surface area contributed by atoms with Gasteiger partial charge in [0.2, 0.25) is 0 Å². The van der Waals surface area contributed by atoms with E-state index in [1.165, 1.54) is 5.56 Å². The minimum Gasteiger partial charge on any atom is -0.492 e. The number of hydrogen-bond acceptors (Lipinski definition) is 3.